The number of methoxy groups -OCH3 is 1. The van der Waals surface area contributed by atoms with Crippen LogP contribution < -0.4 is 10.5 Å². The highest BCUT2D eigenvalue weighted by molar-refractivity contribution is 7.90. The van der Waals surface area contributed by atoms with Gasteiger partial charge in [-0.1, -0.05) is 29.3 Å². The molecule has 0 amide bonds. The van der Waals surface area contributed by atoms with Gasteiger partial charge >= 0.3 is 0 Å². The summed E-state index contributed by atoms with van der Waals surface area (Å²) >= 11 is 11.6. The molecule has 2 aromatic carbocycles. The van der Waals surface area contributed by atoms with Gasteiger partial charge in [0, 0.05) is 0 Å². The summed E-state index contributed by atoms with van der Waals surface area (Å²) < 4.78 is 29.8. The van der Waals surface area contributed by atoms with Crippen molar-refractivity contribution >= 4 is 38.7 Å². The second kappa shape index (κ2) is 6.13. The van der Waals surface area contributed by atoms with Crippen molar-refractivity contribution in [1.29, 1.82) is 0 Å². The van der Waals surface area contributed by atoms with Crippen LogP contribution in [0.1, 0.15) is 5.56 Å². The van der Waals surface area contributed by atoms with Gasteiger partial charge in [0.25, 0.3) is 0 Å². The SMILES string of the molecule is COc1ccc(CS(=O)(=O)c2ccc(Cl)c(Cl)c2)cc1N. The molecule has 0 spiro atoms. The van der Waals surface area contributed by atoms with Gasteiger partial charge in [-0.25, -0.2) is 8.42 Å². The van der Waals surface area contributed by atoms with Gasteiger partial charge < -0.3 is 10.5 Å². The van der Waals surface area contributed by atoms with Crippen molar-refractivity contribution in [2.24, 2.45) is 0 Å². The zero-order valence-electron chi connectivity index (χ0n) is 11.1. The van der Waals surface area contributed by atoms with E-state index in [1.165, 1.54) is 25.3 Å². The van der Waals surface area contributed by atoms with E-state index in [0.717, 1.165) is 0 Å². The molecule has 0 fully saturated rings. The number of hydrogen-bond acceptors (Lipinski definition) is 4. The molecule has 7 heteroatoms. The Hall–Kier alpha value is -1.43. The van der Waals surface area contributed by atoms with Gasteiger partial charge in [0.2, 0.25) is 0 Å². The maximum atomic E-state index is 12.4. The molecule has 2 rings (SSSR count). The first-order valence-corrected chi connectivity index (χ1v) is 8.34. The normalized spacial score (nSPS) is 11.4. The number of rotatable bonds is 4. The van der Waals surface area contributed by atoms with E-state index in [1.807, 2.05) is 0 Å². The number of nitrogen functional groups attached to an aromatic ring is 1. The summed E-state index contributed by atoms with van der Waals surface area (Å²) in [7, 11) is -2.03. The minimum Gasteiger partial charge on any atom is -0.495 e. The molecule has 2 N–H and O–H groups in total. The van der Waals surface area contributed by atoms with E-state index in [-0.39, 0.29) is 15.7 Å². The third-order valence-corrected chi connectivity index (χ3v) is 5.33. The predicted molar refractivity (Wildman–Crippen MR) is 84.8 cm³/mol. The molecule has 0 aliphatic carbocycles. The zero-order chi connectivity index (χ0) is 15.6. The third-order valence-electron chi connectivity index (χ3n) is 2.90. The van der Waals surface area contributed by atoms with Gasteiger partial charge in [-0.15, -0.1) is 0 Å². The van der Waals surface area contributed by atoms with Crippen LogP contribution in [0.2, 0.25) is 10.0 Å². The minimum atomic E-state index is -3.53. The smallest absolute Gasteiger partial charge is 0.182 e. The summed E-state index contributed by atoms with van der Waals surface area (Å²) in [5.41, 5.74) is 6.73. The zero-order valence-corrected chi connectivity index (χ0v) is 13.5. The first kappa shape index (κ1) is 15.9. The Balaban J connectivity index is 2.32. The van der Waals surface area contributed by atoms with Gasteiger partial charge in [-0.2, -0.15) is 0 Å². The van der Waals surface area contributed by atoms with Crippen LogP contribution in [-0.4, -0.2) is 15.5 Å². The Bertz CT molecular complexity index is 776. The molecule has 0 unspecified atom stereocenters. The summed E-state index contributed by atoms with van der Waals surface area (Å²) in [6.45, 7) is 0. The second-order valence-corrected chi connectivity index (χ2v) is 7.22. The number of halogens is 2. The quantitative estimate of drug-likeness (QED) is 0.860. The highest BCUT2D eigenvalue weighted by Crippen LogP contribution is 2.28. The number of benzene rings is 2. The van der Waals surface area contributed by atoms with Crippen molar-refractivity contribution in [3.8, 4) is 5.75 Å². The van der Waals surface area contributed by atoms with E-state index in [2.05, 4.69) is 0 Å². The molecule has 0 saturated carbocycles. The minimum absolute atomic E-state index is 0.117. The van der Waals surface area contributed by atoms with Crippen LogP contribution in [0.5, 0.6) is 5.75 Å². The van der Waals surface area contributed by atoms with E-state index < -0.39 is 9.84 Å². The number of sulfone groups is 1. The van der Waals surface area contributed by atoms with Gasteiger partial charge in [-0.05, 0) is 35.9 Å². The van der Waals surface area contributed by atoms with Crippen molar-refractivity contribution in [2.75, 3.05) is 12.8 Å². The van der Waals surface area contributed by atoms with Crippen LogP contribution in [0.15, 0.2) is 41.3 Å². The Morgan fingerprint density at radius 1 is 1.10 bits per heavy atom. The van der Waals surface area contributed by atoms with E-state index in [4.69, 9.17) is 33.7 Å². The maximum absolute atomic E-state index is 12.4. The van der Waals surface area contributed by atoms with E-state index in [9.17, 15) is 8.42 Å². The topological polar surface area (TPSA) is 69.4 Å². The number of hydrogen-bond donors (Lipinski definition) is 1. The molecule has 21 heavy (non-hydrogen) atoms. The number of nitrogens with two attached hydrogens (primary N) is 1. The largest absolute Gasteiger partial charge is 0.495 e. The predicted octanol–water partition coefficient (Wildman–Crippen LogP) is 3.56. The first-order valence-electron chi connectivity index (χ1n) is 5.93. The van der Waals surface area contributed by atoms with Crippen molar-refractivity contribution < 1.29 is 13.2 Å². The van der Waals surface area contributed by atoms with Crippen LogP contribution >= 0.6 is 23.2 Å². The highest BCUT2D eigenvalue weighted by atomic mass is 35.5. The lowest BCUT2D eigenvalue weighted by Gasteiger charge is -2.09. The van der Waals surface area contributed by atoms with Crippen LogP contribution in [0.25, 0.3) is 0 Å². The molecule has 4 nitrogen and oxygen atoms in total. The van der Waals surface area contributed by atoms with Crippen LogP contribution in [0, 0.1) is 0 Å². The lowest BCUT2D eigenvalue weighted by Crippen LogP contribution is -2.05. The fourth-order valence-electron chi connectivity index (χ4n) is 1.85. The Kier molecular flexibility index (Phi) is 4.66. The fraction of sp³-hybridized carbons (Fsp3) is 0.143. The third kappa shape index (κ3) is 3.61. The molecule has 0 aliphatic heterocycles. The van der Waals surface area contributed by atoms with Gasteiger partial charge in [0.05, 0.1) is 33.5 Å². The van der Waals surface area contributed by atoms with Gasteiger partial charge in [0.15, 0.2) is 9.84 Å². The van der Waals surface area contributed by atoms with Crippen LogP contribution in [-0.2, 0) is 15.6 Å². The Morgan fingerprint density at radius 3 is 2.38 bits per heavy atom. The van der Waals surface area contributed by atoms with Crippen molar-refractivity contribution in [3.63, 3.8) is 0 Å². The molecule has 0 bridgehead atoms. The summed E-state index contributed by atoms with van der Waals surface area (Å²) in [4.78, 5) is 0.117. The lowest BCUT2D eigenvalue weighted by molar-refractivity contribution is 0.417. The van der Waals surface area contributed by atoms with Crippen molar-refractivity contribution in [3.05, 3.63) is 52.0 Å². The molecule has 0 heterocycles. The average molecular weight is 346 g/mol. The molecule has 112 valence electrons. The molecule has 0 saturated heterocycles. The van der Waals surface area contributed by atoms with Crippen molar-refractivity contribution in [1.82, 2.24) is 0 Å². The molecular formula is C14H13Cl2NO3S. The Morgan fingerprint density at radius 2 is 1.81 bits per heavy atom. The molecular weight excluding hydrogens is 333 g/mol. The number of anilines is 1. The van der Waals surface area contributed by atoms with Crippen LogP contribution in [0.3, 0.4) is 0 Å². The lowest BCUT2D eigenvalue weighted by atomic mass is 10.2. The van der Waals surface area contributed by atoms with Crippen LogP contribution in [0.4, 0.5) is 5.69 Å². The molecule has 0 atom stereocenters. The highest BCUT2D eigenvalue weighted by Gasteiger charge is 2.17. The van der Waals surface area contributed by atoms with Gasteiger partial charge in [0.1, 0.15) is 5.75 Å². The first-order chi connectivity index (χ1) is 9.83. The summed E-state index contributed by atoms with van der Waals surface area (Å²) in [6.07, 6.45) is 0. The van der Waals surface area contributed by atoms with E-state index >= 15 is 0 Å². The Labute approximate surface area is 133 Å². The average Bonchev–Trinajstić information content (AvgIpc) is 2.41. The molecule has 0 radical (unpaired) electrons. The van der Waals surface area contributed by atoms with E-state index in [0.29, 0.717) is 22.0 Å². The monoisotopic (exact) mass is 345 g/mol. The second-order valence-electron chi connectivity index (χ2n) is 4.41. The molecule has 0 aliphatic rings. The standard InChI is InChI=1S/C14H13Cl2NO3S/c1-20-14-5-2-9(6-13(14)17)8-21(18,19)10-3-4-11(15)12(16)7-10/h2-7H,8,17H2,1H3. The summed E-state index contributed by atoms with van der Waals surface area (Å²) in [5, 5.41) is 0.510. The maximum Gasteiger partial charge on any atom is 0.182 e. The number of ether oxygens (including phenoxy) is 1. The fourth-order valence-corrected chi connectivity index (χ4v) is 3.57. The summed E-state index contributed by atoms with van der Waals surface area (Å²) in [6, 6.07) is 9.09. The van der Waals surface area contributed by atoms with Gasteiger partial charge in [-0.3, -0.25) is 0 Å². The molecule has 0 aromatic heterocycles. The van der Waals surface area contributed by atoms with E-state index in [1.54, 1.807) is 18.2 Å². The van der Waals surface area contributed by atoms with Crippen molar-refractivity contribution in [2.45, 2.75) is 10.6 Å². The molecule has 2 aromatic rings. The summed E-state index contributed by atoms with van der Waals surface area (Å²) in [5.74, 6) is 0.324.